The van der Waals surface area contributed by atoms with Crippen molar-refractivity contribution in [2.45, 2.75) is 32.4 Å². The summed E-state index contributed by atoms with van der Waals surface area (Å²) in [6.07, 6.45) is 1.69. The summed E-state index contributed by atoms with van der Waals surface area (Å²) in [4.78, 5) is 10.5. The molecular formula is C15H17N5O2. The van der Waals surface area contributed by atoms with E-state index in [9.17, 15) is 0 Å². The molecule has 3 rings (SSSR count). The SMILES string of the molecule is CC(C)c1noc(CN2CC(Oc3ccnc(C#N)c3)C2)n1. The quantitative estimate of drug-likeness (QED) is 0.830. The molecule has 0 N–H and O–H groups in total. The van der Waals surface area contributed by atoms with Crippen LogP contribution < -0.4 is 4.74 Å². The zero-order chi connectivity index (χ0) is 15.5. The molecule has 0 bridgehead atoms. The molecule has 3 heterocycles. The second-order valence-electron chi connectivity index (χ2n) is 5.62. The van der Waals surface area contributed by atoms with Gasteiger partial charge < -0.3 is 9.26 Å². The summed E-state index contributed by atoms with van der Waals surface area (Å²) in [7, 11) is 0. The Bertz CT molecular complexity index is 685. The Hall–Kier alpha value is -2.46. The van der Waals surface area contributed by atoms with Crippen LogP contribution in [0.3, 0.4) is 0 Å². The summed E-state index contributed by atoms with van der Waals surface area (Å²) in [6.45, 7) is 6.30. The minimum absolute atomic E-state index is 0.112. The third-order valence-electron chi connectivity index (χ3n) is 3.43. The van der Waals surface area contributed by atoms with Crippen molar-refractivity contribution in [2.75, 3.05) is 13.1 Å². The molecule has 0 aliphatic carbocycles. The lowest BCUT2D eigenvalue weighted by Crippen LogP contribution is -2.53. The molecule has 1 fully saturated rings. The highest BCUT2D eigenvalue weighted by Gasteiger charge is 2.30. The molecule has 1 aliphatic heterocycles. The van der Waals surface area contributed by atoms with Gasteiger partial charge in [-0.05, 0) is 6.07 Å². The zero-order valence-corrected chi connectivity index (χ0v) is 12.6. The van der Waals surface area contributed by atoms with Crippen molar-refractivity contribution >= 4 is 0 Å². The van der Waals surface area contributed by atoms with E-state index >= 15 is 0 Å². The molecule has 0 unspecified atom stereocenters. The van der Waals surface area contributed by atoms with Crippen molar-refractivity contribution < 1.29 is 9.26 Å². The highest BCUT2D eigenvalue weighted by molar-refractivity contribution is 5.30. The fraction of sp³-hybridized carbons (Fsp3) is 0.467. The third-order valence-corrected chi connectivity index (χ3v) is 3.43. The lowest BCUT2D eigenvalue weighted by Gasteiger charge is -2.37. The van der Waals surface area contributed by atoms with Gasteiger partial charge in [0.2, 0.25) is 5.89 Å². The minimum Gasteiger partial charge on any atom is -0.488 e. The lowest BCUT2D eigenvalue weighted by molar-refractivity contribution is 0.00858. The smallest absolute Gasteiger partial charge is 0.240 e. The van der Waals surface area contributed by atoms with Crippen molar-refractivity contribution in [2.24, 2.45) is 0 Å². The average Bonchev–Trinajstić information content (AvgIpc) is 2.94. The molecule has 0 radical (unpaired) electrons. The maximum atomic E-state index is 8.81. The first kappa shape index (κ1) is 14.5. The fourth-order valence-electron chi connectivity index (χ4n) is 2.22. The third kappa shape index (κ3) is 3.23. The molecular weight excluding hydrogens is 282 g/mol. The molecule has 0 amide bonds. The summed E-state index contributed by atoms with van der Waals surface area (Å²) in [5.41, 5.74) is 0.362. The number of likely N-dealkylation sites (tertiary alicyclic amines) is 1. The first-order valence-corrected chi connectivity index (χ1v) is 7.21. The molecule has 0 atom stereocenters. The number of nitrogens with zero attached hydrogens (tertiary/aromatic N) is 5. The Morgan fingerprint density at radius 2 is 2.32 bits per heavy atom. The molecule has 0 aromatic carbocycles. The number of ether oxygens (including phenoxy) is 1. The maximum Gasteiger partial charge on any atom is 0.240 e. The molecule has 7 heteroatoms. The van der Waals surface area contributed by atoms with Gasteiger partial charge in [0, 0.05) is 31.3 Å². The number of rotatable bonds is 5. The molecule has 1 saturated heterocycles. The van der Waals surface area contributed by atoms with Crippen LogP contribution in [0.5, 0.6) is 5.75 Å². The number of nitriles is 1. The highest BCUT2D eigenvalue weighted by Crippen LogP contribution is 2.20. The van der Waals surface area contributed by atoms with Crippen molar-refractivity contribution in [1.29, 1.82) is 5.26 Å². The van der Waals surface area contributed by atoms with E-state index < -0.39 is 0 Å². The number of aromatic nitrogens is 3. The molecule has 0 saturated carbocycles. The molecule has 2 aromatic heterocycles. The Kier molecular flexibility index (Phi) is 4.02. The van der Waals surface area contributed by atoms with Gasteiger partial charge in [-0.1, -0.05) is 19.0 Å². The van der Waals surface area contributed by atoms with Crippen LogP contribution in [-0.4, -0.2) is 39.2 Å². The molecule has 22 heavy (non-hydrogen) atoms. The van der Waals surface area contributed by atoms with Crippen LogP contribution in [0.15, 0.2) is 22.9 Å². The van der Waals surface area contributed by atoms with E-state index in [4.69, 9.17) is 14.5 Å². The van der Waals surface area contributed by atoms with Gasteiger partial charge >= 0.3 is 0 Å². The molecule has 2 aromatic rings. The summed E-state index contributed by atoms with van der Waals surface area (Å²) >= 11 is 0. The predicted octanol–water partition coefficient (Wildman–Crippen LogP) is 1.72. The van der Waals surface area contributed by atoms with E-state index in [1.807, 2.05) is 19.9 Å². The molecule has 114 valence electrons. The van der Waals surface area contributed by atoms with Crippen LogP contribution in [0.25, 0.3) is 0 Å². The average molecular weight is 299 g/mol. The summed E-state index contributed by atoms with van der Waals surface area (Å²) < 4.78 is 11.0. The zero-order valence-electron chi connectivity index (χ0n) is 12.6. The molecule has 7 nitrogen and oxygen atoms in total. The van der Waals surface area contributed by atoms with Crippen LogP contribution in [0.2, 0.25) is 0 Å². The normalized spacial score (nSPS) is 15.5. The van der Waals surface area contributed by atoms with Gasteiger partial charge in [0.05, 0.1) is 6.54 Å². The second kappa shape index (κ2) is 6.12. The Morgan fingerprint density at radius 3 is 3.00 bits per heavy atom. The molecule has 1 aliphatic rings. The van der Waals surface area contributed by atoms with Crippen molar-refractivity contribution in [3.05, 3.63) is 35.7 Å². The van der Waals surface area contributed by atoms with E-state index in [2.05, 4.69) is 20.0 Å². The van der Waals surface area contributed by atoms with Crippen LogP contribution in [0, 0.1) is 11.3 Å². The topological polar surface area (TPSA) is 88.1 Å². The van der Waals surface area contributed by atoms with E-state index in [1.54, 1.807) is 18.3 Å². The van der Waals surface area contributed by atoms with Crippen LogP contribution in [-0.2, 0) is 6.54 Å². The highest BCUT2D eigenvalue weighted by atomic mass is 16.5. The van der Waals surface area contributed by atoms with E-state index in [0.717, 1.165) is 18.9 Å². The van der Waals surface area contributed by atoms with Crippen LogP contribution >= 0.6 is 0 Å². The van der Waals surface area contributed by atoms with Gasteiger partial charge in [-0.2, -0.15) is 10.2 Å². The van der Waals surface area contributed by atoms with Crippen molar-refractivity contribution in [3.8, 4) is 11.8 Å². The lowest BCUT2D eigenvalue weighted by atomic mass is 10.1. The van der Waals surface area contributed by atoms with Crippen molar-refractivity contribution in [3.63, 3.8) is 0 Å². The summed E-state index contributed by atoms with van der Waals surface area (Å²) in [6, 6.07) is 5.41. The first-order valence-electron chi connectivity index (χ1n) is 7.21. The van der Waals surface area contributed by atoms with Crippen LogP contribution in [0.4, 0.5) is 0 Å². The van der Waals surface area contributed by atoms with Gasteiger partial charge in [0.25, 0.3) is 0 Å². The largest absolute Gasteiger partial charge is 0.488 e. The van der Waals surface area contributed by atoms with Gasteiger partial charge in [-0.25, -0.2) is 4.98 Å². The monoisotopic (exact) mass is 299 g/mol. The van der Waals surface area contributed by atoms with Crippen LogP contribution in [0.1, 0.15) is 37.2 Å². The minimum atomic E-state index is 0.112. The predicted molar refractivity (Wildman–Crippen MR) is 77.0 cm³/mol. The first-order chi connectivity index (χ1) is 10.6. The van der Waals surface area contributed by atoms with Gasteiger partial charge in [0.15, 0.2) is 5.82 Å². The van der Waals surface area contributed by atoms with E-state index in [1.165, 1.54) is 0 Å². The van der Waals surface area contributed by atoms with Gasteiger partial charge in [-0.15, -0.1) is 0 Å². The number of hydrogen-bond acceptors (Lipinski definition) is 7. The maximum absolute atomic E-state index is 8.81. The number of hydrogen-bond donors (Lipinski definition) is 0. The van der Waals surface area contributed by atoms with E-state index in [-0.39, 0.29) is 12.0 Å². The number of pyridine rings is 1. The second-order valence-corrected chi connectivity index (χ2v) is 5.62. The Balaban J connectivity index is 1.48. The fourth-order valence-corrected chi connectivity index (χ4v) is 2.22. The Morgan fingerprint density at radius 1 is 1.50 bits per heavy atom. The van der Waals surface area contributed by atoms with Crippen molar-refractivity contribution in [1.82, 2.24) is 20.0 Å². The van der Waals surface area contributed by atoms with Gasteiger partial charge in [0.1, 0.15) is 23.6 Å². The van der Waals surface area contributed by atoms with E-state index in [0.29, 0.717) is 23.9 Å². The standard InChI is InChI=1S/C15H17N5O2/c1-10(2)15-18-14(22-19-15)9-20-7-13(8-20)21-12-3-4-17-11(5-12)6-16/h3-5,10,13H,7-9H2,1-2H3. The van der Waals surface area contributed by atoms with Gasteiger partial charge in [-0.3, -0.25) is 4.90 Å². The summed E-state index contributed by atoms with van der Waals surface area (Å²) in [5.74, 6) is 2.32. The molecule has 0 spiro atoms. The Labute approximate surface area is 128 Å². The summed E-state index contributed by atoms with van der Waals surface area (Å²) in [5, 5.41) is 12.8.